The Morgan fingerprint density at radius 3 is 2.41 bits per heavy atom. The highest BCUT2D eigenvalue weighted by Gasteiger charge is 2.36. The van der Waals surface area contributed by atoms with Gasteiger partial charge in [0.2, 0.25) is 15.8 Å². The molecule has 0 spiro atoms. The molecule has 29 heavy (non-hydrogen) atoms. The van der Waals surface area contributed by atoms with Gasteiger partial charge in [0.25, 0.3) is 0 Å². The lowest BCUT2D eigenvalue weighted by atomic mass is 10.1. The second kappa shape index (κ2) is 8.17. The Kier molecular flexibility index (Phi) is 6.01. The molecule has 0 aliphatic rings. The highest BCUT2D eigenvalue weighted by molar-refractivity contribution is 9.10. The Labute approximate surface area is 172 Å². The highest BCUT2D eigenvalue weighted by atomic mass is 79.9. The van der Waals surface area contributed by atoms with E-state index in [0.717, 1.165) is 10.0 Å². The van der Waals surface area contributed by atoms with E-state index < -0.39 is 22.0 Å². The Balaban J connectivity index is 1.91. The van der Waals surface area contributed by atoms with Gasteiger partial charge >= 0.3 is 6.18 Å². The maximum Gasteiger partial charge on any atom is 0.452 e. The fourth-order valence-corrected chi connectivity index (χ4v) is 3.92. The van der Waals surface area contributed by atoms with Crippen LogP contribution >= 0.6 is 15.9 Å². The van der Waals surface area contributed by atoms with Crippen molar-refractivity contribution in [3.63, 3.8) is 0 Å². The van der Waals surface area contributed by atoms with Gasteiger partial charge in [-0.1, -0.05) is 33.2 Å². The lowest BCUT2D eigenvalue weighted by molar-refractivity contribution is -0.155. The van der Waals surface area contributed by atoms with Crippen LogP contribution in [0.5, 0.6) is 5.75 Å². The first-order valence-electron chi connectivity index (χ1n) is 8.06. The van der Waals surface area contributed by atoms with Gasteiger partial charge in [-0.15, -0.1) is 0 Å². The van der Waals surface area contributed by atoms with E-state index in [-0.39, 0.29) is 28.4 Å². The number of halogens is 4. The van der Waals surface area contributed by atoms with E-state index in [4.69, 9.17) is 4.74 Å². The molecule has 0 amide bonds. The number of rotatable bonds is 6. The molecular weight excluding hydrogens is 477 g/mol. The van der Waals surface area contributed by atoms with Gasteiger partial charge in [-0.25, -0.2) is 13.1 Å². The van der Waals surface area contributed by atoms with E-state index >= 15 is 0 Å². The minimum absolute atomic E-state index is 0.0190. The molecule has 0 saturated carbocycles. The molecule has 154 valence electrons. The minimum atomic E-state index is -4.70. The molecule has 3 rings (SSSR count). The van der Waals surface area contributed by atoms with Crippen LogP contribution in [0.2, 0.25) is 0 Å². The maximum absolute atomic E-state index is 12.8. The number of methoxy groups -OCH3 is 1. The van der Waals surface area contributed by atoms with Gasteiger partial charge in [0.05, 0.1) is 7.11 Å². The summed E-state index contributed by atoms with van der Waals surface area (Å²) in [7, 11) is -2.74. The molecule has 0 radical (unpaired) electrons. The number of hydrogen-bond donors (Lipinski definition) is 1. The van der Waals surface area contributed by atoms with Gasteiger partial charge in [0, 0.05) is 22.6 Å². The van der Waals surface area contributed by atoms with E-state index in [1.165, 1.54) is 25.3 Å². The van der Waals surface area contributed by atoms with Gasteiger partial charge in [-0.3, -0.25) is 0 Å². The Bertz CT molecular complexity index is 1110. The summed E-state index contributed by atoms with van der Waals surface area (Å²) in [5.41, 5.74) is 0.705. The van der Waals surface area contributed by atoms with Crippen LogP contribution < -0.4 is 9.46 Å². The zero-order valence-corrected chi connectivity index (χ0v) is 17.2. The van der Waals surface area contributed by atoms with Crippen molar-refractivity contribution >= 4 is 26.0 Å². The second-order valence-corrected chi connectivity index (χ2v) is 8.54. The van der Waals surface area contributed by atoms with Crippen LogP contribution in [0.3, 0.4) is 0 Å². The molecule has 0 bridgehead atoms. The van der Waals surface area contributed by atoms with E-state index in [0.29, 0.717) is 6.07 Å². The van der Waals surface area contributed by atoms with Crippen molar-refractivity contribution < 1.29 is 30.8 Å². The number of hydrogen-bond acceptors (Lipinski definition) is 5. The molecule has 1 N–H and O–H groups in total. The van der Waals surface area contributed by atoms with Gasteiger partial charge in [-0.05, 0) is 35.9 Å². The average Bonchev–Trinajstić information content (AvgIpc) is 3.18. The predicted octanol–water partition coefficient (Wildman–Crippen LogP) is 4.61. The zero-order chi connectivity index (χ0) is 21.2. The molecule has 1 heterocycles. The number of aromatic nitrogens is 1. The van der Waals surface area contributed by atoms with Crippen molar-refractivity contribution in [1.82, 2.24) is 9.88 Å². The third-order valence-electron chi connectivity index (χ3n) is 3.92. The quantitative estimate of drug-likeness (QED) is 0.545. The molecule has 3 aromatic rings. The van der Waals surface area contributed by atoms with Crippen molar-refractivity contribution in [2.45, 2.75) is 17.6 Å². The molecule has 0 atom stereocenters. The average molecular weight is 491 g/mol. The van der Waals surface area contributed by atoms with Crippen LogP contribution in [0, 0.1) is 0 Å². The van der Waals surface area contributed by atoms with Crippen LogP contribution in [0.25, 0.3) is 11.3 Å². The van der Waals surface area contributed by atoms with Gasteiger partial charge in [-0.2, -0.15) is 13.2 Å². The molecule has 2 aromatic carbocycles. The number of sulfonamides is 1. The summed E-state index contributed by atoms with van der Waals surface area (Å²) < 4.78 is 76.4. The van der Waals surface area contributed by atoms with Crippen LogP contribution in [0.4, 0.5) is 13.2 Å². The number of benzene rings is 2. The van der Waals surface area contributed by atoms with E-state index in [2.05, 4.69) is 30.3 Å². The molecule has 11 heteroatoms. The normalized spacial score (nSPS) is 12.2. The molecule has 1 aromatic heterocycles. The molecule has 0 saturated heterocycles. The largest absolute Gasteiger partial charge is 0.495 e. The number of nitrogens with zero attached hydrogens (tertiary/aromatic N) is 1. The summed E-state index contributed by atoms with van der Waals surface area (Å²) in [6, 6.07) is 11.6. The van der Waals surface area contributed by atoms with Gasteiger partial charge in [0.15, 0.2) is 0 Å². The monoisotopic (exact) mass is 490 g/mol. The van der Waals surface area contributed by atoms with E-state index in [1.54, 1.807) is 24.3 Å². The summed E-state index contributed by atoms with van der Waals surface area (Å²) >= 11 is 3.30. The van der Waals surface area contributed by atoms with Crippen molar-refractivity contribution in [1.29, 1.82) is 0 Å². The Morgan fingerprint density at radius 2 is 1.83 bits per heavy atom. The minimum Gasteiger partial charge on any atom is -0.495 e. The predicted molar refractivity (Wildman–Crippen MR) is 102 cm³/mol. The van der Waals surface area contributed by atoms with Crippen molar-refractivity contribution in [3.05, 3.63) is 64.3 Å². The van der Waals surface area contributed by atoms with Gasteiger partial charge in [0.1, 0.15) is 16.3 Å². The van der Waals surface area contributed by atoms with Crippen LogP contribution in [0.1, 0.15) is 11.3 Å². The van der Waals surface area contributed by atoms with Crippen molar-refractivity contribution in [2.24, 2.45) is 0 Å². The molecule has 0 fully saturated rings. The Morgan fingerprint density at radius 1 is 1.14 bits per heavy atom. The first-order chi connectivity index (χ1) is 13.6. The maximum atomic E-state index is 12.8. The van der Waals surface area contributed by atoms with Gasteiger partial charge < -0.3 is 9.26 Å². The van der Waals surface area contributed by atoms with Crippen LogP contribution in [0.15, 0.2) is 62.4 Å². The zero-order valence-electron chi connectivity index (χ0n) is 14.8. The molecule has 0 unspecified atom stereocenters. The fraction of sp³-hybridized carbons (Fsp3) is 0.167. The summed E-state index contributed by atoms with van der Waals surface area (Å²) in [5.74, 6) is -1.24. The lowest BCUT2D eigenvalue weighted by Crippen LogP contribution is -2.23. The topological polar surface area (TPSA) is 81.4 Å². The summed E-state index contributed by atoms with van der Waals surface area (Å²) in [6.45, 7) is 0.0190. The third kappa shape index (κ3) is 4.98. The van der Waals surface area contributed by atoms with E-state index in [1.807, 2.05) is 0 Å². The second-order valence-electron chi connectivity index (χ2n) is 5.89. The fourth-order valence-electron chi connectivity index (χ4n) is 2.45. The first-order valence-corrected chi connectivity index (χ1v) is 10.3. The molecule has 0 aliphatic carbocycles. The van der Waals surface area contributed by atoms with Crippen LogP contribution in [-0.4, -0.2) is 20.7 Å². The third-order valence-corrected chi connectivity index (χ3v) is 5.87. The smallest absolute Gasteiger partial charge is 0.452 e. The highest BCUT2D eigenvalue weighted by Crippen LogP contribution is 2.34. The van der Waals surface area contributed by atoms with Crippen LogP contribution in [-0.2, 0) is 22.7 Å². The summed E-state index contributed by atoms with van der Waals surface area (Å²) in [6.07, 6.45) is -4.70. The molecular formula is C18H14BrF3N2O4S. The number of ether oxygens (including phenoxy) is 1. The first kappa shape index (κ1) is 21.3. The standard InChI is InChI=1S/C18H14BrF3N2O4S/c1-27-15-7-4-12(14-9-17(28-24-14)18(20,21)22)8-16(15)29(25,26)23-10-11-2-5-13(19)6-3-11/h2-9,23H,10H2,1H3. The molecule has 6 nitrogen and oxygen atoms in total. The SMILES string of the molecule is COc1ccc(-c2cc(C(F)(F)F)on2)cc1S(=O)(=O)NCc1ccc(Br)cc1. The Hall–Kier alpha value is -2.37. The summed E-state index contributed by atoms with van der Waals surface area (Å²) in [5, 5.41) is 3.38. The van der Waals surface area contributed by atoms with E-state index in [9.17, 15) is 21.6 Å². The van der Waals surface area contributed by atoms with Crippen molar-refractivity contribution in [2.75, 3.05) is 7.11 Å². The number of alkyl halides is 3. The lowest BCUT2D eigenvalue weighted by Gasteiger charge is -2.12. The summed E-state index contributed by atoms with van der Waals surface area (Å²) in [4.78, 5) is -0.230. The molecule has 0 aliphatic heterocycles. The number of nitrogens with one attached hydrogen (secondary N) is 1. The van der Waals surface area contributed by atoms with Crippen molar-refractivity contribution in [3.8, 4) is 17.0 Å².